The molecule has 6 nitrogen and oxygen atoms in total. The molecular formula is C16H13F6N4O2S+. The van der Waals surface area contributed by atoms with E-state index in [0.29, 0.717) is 18.5 Å². The Balaban J connectivity index is 2.30. The van der Waals surface area contributed by atoms with Crippen molar-refractivity contribution in [1.29, 1.82) is 0 Å². The predicted molar refractivity (Wildman–Crippen MR) is 88.2 cm³/mol. The highest BCUT2D eigenvalue weighted by atomic mass is 32.2. The van der Waals surface area contributed by atoms with Crippen LogP contribution in [0.5, 0.6) is 0 Å². The Labute approximate surface area is 160 Å². The molecule has 156 valence electrons. The molecule has 0 unspecified atom stereocenters. The average molecular weight is 439 g/mol. The minimum absolute atomic E-state index is 0.0366. The molecule has 0 amide bonds. The molecule has 0 radical (unpaired) electrons. The van der Waals surface area contributed by atoms with Crippen LogP contribution in [0, 0.1) is 0 Å². The van der Waals surface area contributed by atoms with Crippen molar-refractivity contribution in [2.24, 2.45) is 7.05 Å². The van der Waals surface area contributed by atoms with E-state index < -0.39 is 44.0 Å². The third-order valence-electron chi connectivity index (χ3n) is 4.22. The van der Waals surface area contributed by atoms with Crippen LogP contribution in [0.3, 0.4) is 0 Å². The quantitative estimate of drug-likeness (QED) is 0.502. The zero-order valence-electron chi connectivity index (χ0n) is 14.9. The second-order valence-corrected chi connectivity index (χ2v) is 8.34. The monoisotopic (exact) mass is 439 g/mol. The predicted octanol–water partition coefficient (Wildman–Crippen LogP) is 3.28. The molecule has 1 N–H and O–H groups in total. The van der Waals surface area contributed by atoms with Gasteiger partial charge in [-0.25, -0.2) is 18.0 Å². The molecule has 0 aliphatic carbocycles. The van der Waals surface area contributed by atoms with Crippen molar-refractivity contribution in [1.82, 2.24) is 15.0 Å². The lowest BCUT2D eigenvalue weighted by molar-refractivity contribution is -0.635. The summed E-state index contributed by atoms with van der Waals surface area (Å²) in [7, 11) is -2.77. The van der Waals surface area contributed by atoms with Crippen LogP contribution < -0.4 is 4.57 Å². The lowest BCUT2D eigenvalue weighted by Crippen LogP contribution is -2.31. The maximum absolute atomic E-state index is 13.0. The van der Waals surface area contributed by atoms with Gasteiger partial charge >= 0.3 is 18.0 Å². The Hall–Kier alpha value is -2.70. The van der Waals surface area contributed by atoms with E-state index in [9.17, 15) is 34.8 Å². The summed E-state index contributed by atoms with van der Waals surface area (Å²) in [6.45, 7) is 1.25. The van der Waals surface area contributed by atoms with E-state index in [0.717, 1.165) is 6.07 Å². The number of aryl methyl sites for hydroxylation is 1. The Morgan fingerprint density at radius 1 is 1.00 bits per heavy atom. The first kappa shape index (κ1) is 21.0. The Morgan fingerprint density at radius 2 is 1.55 bits per heavy atom. The van der Waals surface area contributed by atoms with E-state index in [1.807, 2.05) is 0 Å². The van der Waals surface area contributed by atoms with E-state index >= 15 is 0 Å². The number of sulfone groups is 1. The molecule has 0 atom stereocenters. The molecule has 0 aliphatic heterocycles. The van der Waals surface area contributed by atoms with Gasteiger partial charge in [0.15, 0.2) is 21.0 Å². The van der Waals surface area contributed by atoms with Gasteiger partial charge in [0.2, 0.25) is 0 Å². The summed E-state index contributed by atoms with van der Waals surface area (Å²) in [5, 5.41) is 0. The van der Waals surface area contributed by atoms with Crippen LogP contribution in [-0.2, 0) is 29.2 Å². The first-order valence-corrected chi connectivity index (χ1v) is 9.66. The number of alkyl halides is 6. The number of H-pyrrole nitrogens is 1. The van der Waals surface area contributed by atoms with Crippen molar-refractivity contribution in [2.45, 2.75) is 24.2 Å². The van der Waals surface area contributed by atoms with Crippen LogP contribution >= 0.6 is 0 Å². The second-order valence-electron chi connectivity index (χ2n) is 6.10. The summed E-state index contributed by atoms with van der Waals surface area (Å²) in [6, 6.07) is 1.23. The summed E-state index contributed by atoms with van der Waals surface area (Å²) in [6.07, 6.45) is -8.42. The number of fused-ring (bicyclic) bond motifs is 1. The maximum atomic E-state index is 13.0. The summed E-state index contributed by atoms with van der Waals surface area (Å²) < 4.78 is 104. The first-order valence-electron chi connectivity index (χ1n) is 8.01. The number of hydrogen-bond acceptors (Lipinski definition) is 4. The van der Waals surface area contributed by atoms with Crippen LogP contribution in [0.4, 0.5) is 26.3 Å². The van der Waals surface area contributed by atoms with Crippen LogP contribution in [0.25, 0.3) is 22.7 Å². The van der Waals surface area contributed by atoms with Gasteiger partial charge in [-0.2, -0.15) is 26.3 Å². The topological polar surface area (TPSA) is 79.6 Å². The van der Waals surface area contributed by atoms with Crippen molar-refractivity contribution in [3.8, 4) is 11.5 Å². The van der Waals surface area contributed by atoms with Gasteiger partial charge in [-0.3, -0.25) is 4.98 Å². The fourth-order valence-corrected chi connectivity index (χ4v) is 3.74. The molecule has 0 aliphatic rings. The van der Waals surface area contributed by atoms with E-state index in [1.165, 1.54) is 18.5 Å². The molecule has 0 aromatic carbocycles. The number of rotatable bonds is 3. The SMILES string of the molecule is CCS(=O)(=O)c1cc(C(F)(F)F)cnc1-c1[nH]c2cc(C(F)(F)F)cnc2[n+]1C. The fraction of sp³-hybridized carbons (Fsp3) is 0.312. The lowest BCUT2D eigenvalue weighted by Gasteiger charge is -2.11. The molecule has 0 saturated carbocycles. The van der Waals surface area contributed by atoms with Gasteiger partial charge in [0, 0.05) is 6.20 Å². The van der Waals surface area contributed by atoms with E-state index in [1.54, 1.807) is 0 Å². The lowest BCUT2D eigenvalue weighted by atomic mass is 10.2. The van der Waals surface area contributed by atoms with Crippen molar-refractivity contribution in [2.75, 3.05) is 5.75 Å². The molecule has 0 spiro atoms. The van der Waals surface area contributed by atoms with E-state index in [2.05, 4.69) is 15.0 Å². The minimum Gasteiger partial charge on any atom is -0.266 e. The number of nitrogens with zero attached hydrogens (tertiary/aromatic N) is 3. The molecule has 0 fully saturated rings. The molecule has 13 heteroatoms. The summed E-state index contributed by atoms with van der Waals surface area (Å²) in [4.78, 5) is 9.26. The summed E-state index contributed by atoms with van der Waals surface area (Å²) in [5.74, 6) is -0.601. The van der Waals surface area contributed by atoms with Crippen LogP contribution in [0.2, 0.25) is 0 Å². The Kier molecular flexibility index (Phi) is 4.84. The molecular weight excluding hydrogens is 426 g/mol. The fourth-order valence-electron chi connectivity index (χ4n) is 2.68. The average Bonchev–Trinajstić information content (AvgIpc) is 2.96. The Morgan fingerprint density at radius 3 is 2.10 bits per heavy atom. The highest BCUT2D eigenvalue weighted by Gasteiger charge is 2.36. The van der Waals surface area contributed by atoms with Crippen LogP contribution in [0.1, 0.15) is 18.1 Å². The standard InChI is InChI=1S/C16H12F6N4O2S/c1-3-29(27,28)11-5-9(16(20,21)22)6-23-12(11)14-25-10-4-8(15(17,18)19)7-24-13(10)26(14)2/h4-7H,3H2,1-2H3/p+1. The van der Waals surface area contributed by atoms with Crippen LogP contribution in [-0.4, -0.2) is 29.1 Å². The van der Waals surface area contributed by atoms with Gasteiger partial charge in [0.25, 0.3) is 5.82 Å². The second kappa shape index (κ2) is 6.68. The number of imidazole rings is 1. The molecule has 3 heterocycles. The molecule has 3 aromatic rings. The number of nitrogens with one attached hydrogen (secondary N) is 1. The van der Waals surface area contributed by atoms with Gasteiger partial charge in [0.1, 0.15) is 6.20 Å². The van der Waals surface area contributed by atoms with Crippen LogP contribution in [0.15, 0.2) is 29.4 Å². The van der Waals surface area contributed by atoms with Crippen molar-refractivity contribution in [3.05, 3.63) is 35.7 Å². The Bertz CT molecular complexity index is 1200. The van der Waals surface area contributed by atoms with Gasteiger partial charge in [-0.05, 0) is 12.1 Å². The number of halogens is 6. The van der Waals surface area contributed by atoms with Gasteiger partial charge in [-0.1, -0.05) is 6.92 Å². The summed E-state index contributed by atoms with van der Waals surface area (Å²) >= 11 is 0. The van der Waals surface area contributed by atoms with Crippen molar-refractivity contribution in [3.63, 3.8) is 0 Å². The number of hydrogen-bond donors (Lipinski definition) is 1. The molecule has 3 aromatic heterocycles. The van der Waals surface area contributed by atoms with Crippen molar-refractivity contribution < 1.29 is 39.3 Å². The maximum Gasteiger partial charge on any atom is 0.419 e. The number of aromatic amines is 1. The third kappa shape index (κ3) is 3.78. The third-order valence-corrected chi connectivity index (χ3v) is 5.96. The molecule has 0 saturated heterocycles. The highest BCUT2D eigenvalue weighted by Crippen LogP contribution is 2.34. The van der Waals surface area contributed by atoms with Crippen molar-refractivity contribution >= 4 is 21.0 Å². The number of pyridine rings is 2. The summed E-state index contributed by atoms with van der Waals surface area (Å²) in [5.41, 5.74) is -2.70. The minimum atomic E-state index is -4.82. The van der Waals surface area contributed by atoms with Gasteiger partial charge in [-0.15, -0.1) is 4.98 Å². The van der Waals surface area contributed by atoms with Gasteiger partial charge in [0.05, 0.1) is 28.8 Å². The molecule has 3 rings (SSSR count). The zero-order chi connectivity index (χ0) is 21.8. The normalized spacial score (nSPS) is 13.2. The van der Waals surface area contributed by atoms with E-state index in [-0.39, 0.29) is 22.7 Å². The zero-order valence-corrected chi connectivity index (χ0v) is 15.7. The largest absolute Gasteiger partial charge is 0.419 e. The molecule has 29 heavy (non-hydrogen) atoms. The first-order chi connectivity index (χ1) is 13.3. The van der Waals surface area contributed by atoms with Gasteiger partial charge < -0.3 is 0 Å². The smallest absolute Gasteiger partial charge is 0.266 e. The number of aromatic nitrogens is 4. The highest BCUT2D eigenvalue weighted by molar-refractivity contribution is 7.91. The van der Waals surface area contributed by atoms with E-state index in [4.69, 9.17) is 0 Å². The molecule has 0 bridgehead atoms.